The third kappa shape index (κ3) is 3.52. The van der Waals surface area contributed by atoms with Crippen LogP contribution in [0.15, 0.2) is 41.2 Å². The van der Waals surface area contributed by atoms with Crippen LogP contribution in [0.4, 0.5) is 0 Å². The van der Waals surface area contributed by atoms with Crippen LogP contribution in [-0.2, 0) is 13.7 Å². The molecule has 2 aromatic rings. The van der Waals surface area contributed by atoms with Crippen LogP contribution in [0.2, 0.25) is 0 Å². The summed E-state index contributed by atoms with van der Waals surface area (Å²) in [6, 6.07) is 11.2. The Morgan fingerprint density at radius 3 is 2.38 bits per heavy atom. The second kappa shape index (κ2) is 6.59. The fourth-order valence-electron chi connectivity index (χ4n) is 2.08. The Bertz CT molecular complexity index is 657. The molecule has 0 atom stereocenters. The number of hydrogen-bond acceptors (Lipinski definition) is 3. The molecule has 0 unspecified atom stereocenters. The maximum absolute atomic E-state index is 12.0. The molecule has 2 rings (SSSR count). The van der Waals surface area contributed by atoms with Gasteiger partial charge in [0.1, 0.15) is 5.75 Å². The molecule has 4 heteroatoms. The Labute approximate surface area is 124 Å². The minimum atomic E-state index is -0.241. The number of ether oxygens (including phenoxy) is 1. The molecule has 0 fully saturated rings. The van der Waals surface area contributed by atoms with Crippen LogP contribution in [-0.4, -0.2) is 16.3 Å². The van der Waals surface area contributed by atoms with E-state index in [2.05, 4.69) is 13.8 Å². The van der Waals surface area contributed by atoms with Gasteiger partial charge in [0.2, 0.25) is 0 Å². The van der Waals surface area contributed by atoms with Crippen molar-refractivity contribution < 1.29 is 9.84 Å². The fourth-order valence-corrected chi connectivity index (χ4v) is 2.08. The standard InChI is InChI=1S/C17H21NO3/c1-12(2)11-21-15-7-4-13(5-8-15)16-9-6-14(10-19)17(20)18(16)3/h4-9,12,19H,10-11H2,1-3H3. The van der Waals surface area contributed by atoms with E-state index < -0.39 is 0 Å². The molecule has 1 N–H and O–H groups in total. The van der Waals surface area contributed by atoms with Gasteiger partial charge in [0.05, 0.1) is 18.9 Å². The first-order valence-electron chi connectivity index (χ1n) is 7.06. The molecule has 0 aliphatic carbocycles. The van der Waals surface area contributed by atoms with Crippen molar-refractivity contribution in [3.05, 3.63) is 52.3 Å². The van der Waals surface area contributed by atoms with Gasteiger partial charge in [-0.15, -0.1) is 0 Å². The summed E-state index contributed by atoms with van der Waals surface area (Å²) in [7, 11) is 1.71. The lowest BCUT2D eigenvalue weighted by Gasteiger charge is -2.12. The van der Waals surface area contributed by atoms with Gasteiger partial charge in [-0.1, -0.05) is 13.8 Å². The highest BCUT2D eigenvalue weighted by Gasteiger charge is 2.07. The highest BCUT2D eigenvalue weighted by atomic mass is 16.5. The van der Waals surface area contributed by atoms with Crippen molar-refractivity contribution in [1.82, 2.24) is 4.57 Å². The van der Waals surface area contributed by atoms with Crippen molar-refractivity contribution in [1.29, 1.82) is 0 Å². The van der Waals surface area contributed by atoms with Gasteiger partial charge in [-0.2, -0.15) is 0 Å². The lowest BCUT2D eigenvalue weighted by Crippen LogP contribution is -2.22. The summed E-state index contributed by atoms with van der Waals surface area (Å²) < 4.78 is 7.20. The van der Waals surface area contributed by atoms with Crippen molar-refractivity contribution in [2.24, 2.45) is 13.0 Å². The van der Waals surface area contributed by atoms with E-state index in [9.17, 15) is 4.79 Å². The molecule has 21 heavy (non-hydrogen) atoms. The number of aliphatic hydroxyl groups excluding tert-OH is 1. The van der Waals surface area contributed by atoms with Crippen LogP contribution >= 0.6 is 0 Å². The minimum absolute atomic E-state index is 0.171. The number of pyridine rings is 1. The summed E-state index contributed by atoms with van der Waals surface area (Å²) in [5, 5.41) is 9.11. The zero-order chi connectivity index (χ0) is 15.4. The van der Waals surface area contributed by atoms with Crippen LogP contribution < -0.4 is 10.3 Å². The van der Waals surface area contributed by atoms with E-state index in [1.807, 2.05) is 30.3 Å². The molecule has 0 bridgehead atoms. The number of hydrogen-bond donors (Lipinski definition) is 1. The van der Waals surface area contributed by atoms with Gasteiger partial charge in [-0.25, -0.2) is 0 Å². The van der Waals surface area contributed by atoms with E-state index in [0.717, 1.165) is 17.0 Å². The predicted octanol–water partition coefficient (Wildman–Crippen LogP) is 2.58. The van der Waals surface area contributed by atoms with Crippen LogP contribution in [0, 0.1) is 5.92 Å². The van der Waals surface area contributed by atoms with E-state index in [1.165, 1.54) is 0 Å². The Hall–Kier alpha value is -2.07. The molecule has 0 spiro atoms. The normalized spacial score (nSPS) is 10.9. The summed E-state index contributed by atoms with van der Waals surface area (Å²) in [6.45, 7) is 4.65. The largest absolute Gasteiger partial charge is 0.493 e. The quantitative estimate of drug-likeness (QED) is 0.919. The van der Waals surface area contributed by atoms with Gasteiger partial charge in [-0.05, 0) is 47.9 Å². The lowest BCUT2D eigenvalue weighted by molar-refractivity contribution is 0.271. The van der Waals surface area contributed by atoms with E-state index in [1.54, 1.807) is 17.7 Å². The van der Waals surface area contributed by atoms with Crippen molar-refractivity contribution in [2.75, 3.05) is 6.61 Å². The average Bonchev–Trinajstić information content (AvgIpc) is 2.48. The number of aliphatic hydroxyl groups is 1. The van der Waals surface area contributed by atoms with Gasteiger partial charge in [0.25, 0.3) is 5.56 Å². The molecule has 0 amide bonds. The second-order valence-electron chi connectivity index (χ2n) is 5.50. The molecule has 0 saturated heterocycles. The van der Waals surface area contributed by atoms with Crippen LogP contribution in [0.1, 0.15) is 19.4 Å². The van der Waals surface area contributed by atoms with Crippen molar-refractivity contribution >= 4 is 0 Å². The monoisotopic (exact) mass is 287 g/mol. The molecule has 4 nitrogen and oxygen atoms in total. The fraction of sp³-hybridized carbons (Fsp3) is 0.353. The topological polar surface area (TPSA) is 51.5 Å². The lowest BCUT2D eigenvalue weighted by atomic mass is 10.1. The Balaban J connectivity index is 2.27. The smallest absolute Gasteiger partial charge is 0.256 e. The molecular formula is C17H21NO3. The van der Waals surface area contributed by atoms with E-state index in [-0.39, 0.29) is 12.2 Å². The van der Waals surface area contributed by atoms with Gasteiger partial charge >= 0.3 is 0 Å². The SMILES string of the molecule is CC(C)COc1ccc(-c2ccc(CO)c(=O)n2C)cc1. The van der Waals surface area contributed by atoms with E-state index in [0.29, 0.717) is 18.1 Å². The molecule has 1 heterocycles. The van der Waals surface area contributed by atoms with Gasteiger partial charge in [-0.3, -0.25) is 4.79 Å². The summed E-state index contributed by atoms with van der Waals surface area (Å²) in [5.74, 6) is 1.31. The molecule has 0 aliphatic rings. The summed E-state index contributed by atoms with van der Waals surface area (Å²) in [5.41, 5.74) is 1.98. The Morgan fingerprint density at radius 2 is 1.81 bits per heavy atom. The molecule has 0 saturated carbocycles. The van der Waals surface area contributed by atoms with Gasteiger partial charge in [0.15, 0.2) is 0 Å². The van der Waals surface area contributed by atoms with E-state index >= 15 is 0 Å². The molecule has 1 aromatic heterocycles. The first-order valence-corrected chi connectivity index (χ1v) is 7.06. The summed E-state index contributed by atoms with van der Waals surface area (Å²) >= 11 is 0. The van der Waals surface area contributed by atoms with Gasteiger partial charge < -0.3 is 14.4 Å². The maximum Gasteiger partial charge on any atom is 0.256 e. The maximum atomic E-state index is 12.0. The van der Waals surface area contributed by atoms with Crippen LogP contribution in [0.5, 0.6) is 5.75 Å². The molecule has 0 aliphatic heterocycles. The molecule has 1 aromatic carbocycles. The zero-order valence-corrected chi connectivity index (χ0v) is 12.7. The molecular weight excluding hydrogens is 266 g/mol. The highest BCUT2D eigenvalue weighted by molar-refractivity contribution is 5.60. The van der Waals surface area contributed by atoms with Crippen LogP contribution in [0.3, 0.4) is 0 Å². The summed E-state index contributed by atoms with van der Waals surface area (Å²) in [4.78, 5) is 12.0. The predicted molar refractivity (Wildman–Crippen MR) is 83.4 cm³/mol. The number of rotatable bonds is 5. The number of aromatic nitrogens is 1. The van der Waals surface area contributed by atoms with Gasteiger partial charge in [0, 0.05) is 12.6 Å². The first kappa shape index (κ1) is 15.3. The molecule has 112 valence electrons. The van der Waals surface area contributed by atoms with E-state index in [4.69, 9.17) is 9.84 Å². The second-order valence-corrected chi connectivity index (χ2v) is 5.50. The highest BCUT2D eigenvalue weighted by Crippen LogP contribution is 2.21. The average molecular weight is 287 g/mol. The van der Waals surface area contributed by atoms with Crippen molar-refractivity contribution in [3.8, 4) is 17.0 Å². The van der Waals surface area contributed by atoms with Crippen molar-refractivity contribution in [3.63, 3.8) is 0 Å². The summed E-state index contributed by atoms with van der Waals surface area (Å²) in [6.07, 6.45) is 0. The zero-order valence-electron chi connectivity index (χ0n) is 12.7. The third-order valence-corrected chi connectivity index (χ3v) is 3.29. The third-order valence-electron chi connectivity index (χ3n) is 3.29. The Kier molecular flexibility index (Phi) is 4.81. The molecule has 0 radical (unpaired) electrons. The number of benzene rings is 1. The minimum Gasteiger partial charge on any atom is -0.493 e. The Morgan fingerprint density at radius 1 is 1.14 bits per heavy atom. The van der Waals surface area contributed by atoms with Crippen molar-refractivity contribution in [2.45, 2.75) is 20.5 Å². The number of nitrogens with zero attached hydrogens (tertiary/aromatic N) is 1. The van der Waals surface area contributed by atoms with Crippen LogP contribution in [0.25, 0.3) is 11.3 Å². The first-order chi connectivity index (χ1) is 10.0.